The van der Waals surface area contributed by atoms with Crippen LogP contribution in [0.2, 0.25) is 0 Å². The van der Waals surface area contributed by atoms with Gasteiger partial charge in [0, 0.05) is 48.6 Å². The van der Waals surface area contributed by atoms with E-state index in [4.69, 9.17) is 14.6 Å². The van der Waals surface area contributed by atoms with Gasteiger partial charge in [-0.15, -0.1) is 0 Å². The van der Waals surface area contributed by atoms with Crippen molar-refractivity contribution in [3.63, 3.8) is 0 Å². The van der Waals surface area contributed by atoms with Gasteiger partial charge in [0.1, 0.15) is 11.4 Å². The second-order valence-corrected chi connectivity index (χ2v) is 10.8. The molecule has 0 bridgehead atoms. The lowest BCUT2D eigenvalue weighted by molar-refractivity contribution is 0.0683. The van der Waals surface area contributed by atoms with Crippen molar-refractivity contribution in [2.45, 2.75) is 52.3 Å². The third-order valence-electron chi connectivity index (χ3n) is 8.18. The molecule has 6 rings (SSSR count). The van der Waals surface area contributed by atoms with Crippen LogP contribution in [-0.2, 0) is 37.9 Å². The number of para-hydroxylation sites is 1. The number of nitrogens with one attached hydrogen (secondary N) is 1. The molecule has 0 amide bonds. The maximum atomic E-state index is 12.9. The number of hydrogen-bond acceptors (Lipinski definition) is 5. The molecule has 0 unspecified atom stereocenters. The molecule has 3 heterocycles. The van der Waals surface area contributed by atoms with Crippen molar-refractivity contribution in [2.24, 2.45) is 7.05 Å². The van der Waals surface area contributed by atoms with Gasteiger partial charge in [-0.2, -0.15) is 5.10 Å². The molecule has 0 aliphatic carbocycles. The molecule has 0 saturated carbocycles. The molecule has 0 fully saturated rings. The van der Waals surface area contributed by atoms with E-state index < -0.39 is 5.97 Å². The maximum absolute atomic E-state index is 12.9. The second-order valence-electron chi connectivity index (χ2n) is 10.8. The van der Waals surface area contributed by atoms with Gasteiger partial charge in [-0.1, -0.05) is 61.5 Å². The van der Waals surface area contributed by atoms with Crippen LogP contribution in [0.1, 0.15) is 53.6 Å². The number of benzene rings is 3. The molecule has 42 heavy (non-hydrogen) atoms. The summed E-state index contributed by atoms with van der Waals surface area (Å²) in [4.78, 5) is 12.9. The molecule has 3 aromatic carbocycles. The van der Waals surface area contributed by atoms with Gasteiger partial charge in [0.05, 0.1) is 30.1 Å². The molecule has 0 atom stereocenters. The first kappa shape index (κ1) is 28.0. The van der Waals surface area contributed by atoms with Crippen molar-refractivity contribution in [3.05, 3.63) is 83.3 Å². The number of carbonyl (C=O) groups is 1. The van der Waals surface area contributed by atoms with Crippen molar-refractivity contribution < 1.29 is 19.4 Å². The van der Waals surface area contributed by atoms with Gasteiger partial charge in [-0.3, -0.25) is 4.68 Å². The van der Waals surface area contributed by atoms with Gasteiger partial charge in [0.2, 0.25) is 0 Å². The average Bonchev–Trinajstić information content (AvgIpc) is 3.48. The quantitative estimate of drug-likeness (QED) is 0.203. The number of nitrogens with zero attached hydrogens (tertiary/aromatic N) is 3. The summed E-state index contributed by atoms with van der Waals surface area (Å²) in [6, 6.07) is 20.5. The van der Waals surface area contributed by atoms with Gasteiger partial charge in [0.15, 0.2) is 0 Å². The van der Waals surface area contributed by atoms with Crippen molar-refractivity contribution >= 4 is 27.6 Å². The lowest BCUT2D eigenvalue weighted by Crippen LogP contribution is -2.13. The highest BCUT2D eigenvalue weighted by Crippen LogP contribution is 2.39. The number of hydrogen-bond donors (Lipinski definition) is 2. The van der Waals surface area contributed by atoms with E-state index >= 15 is 0 Å². The highest BCUT2D eigenvalue weighted by atomic mass is 16.5. The molecule has 1 aliphatic heterocycles. The van der Waals surface area contributed by atoms with Crippen LogP contribution >= 0.6 is 0 Å². The van der Waals surface area contributed by atoms with Crippen LogP contribution < -0.4 is 10.1 Å². The molecule has 0 radical (unpaired) electrons. The first-order valence-electron chi connectivity index (χ1n) is 14.9. The van der Waals surface area contributed by atoms with Crippen LogP contribution in [0, 0.1) is 0 Å². The second kappa shape index (κ2) is 12.4. The summed E-state index contributed by atoms with van der Waals surface area (Å²) < 4.78 is 16.2. The highest BCUT2D eigenvalue weighted by molar-refractivity contribution is 6.04. The molecular formula is C34H38N4O4. The van der Waals surface area contributed by atoms with Crippen LogP contribution in [0.3, 0.4) is 0 Å². The van der Waals surface area contributed by atoms with Gasteiger partial charge in [-0.05, 0) is 49.2 Å². The largest absolute Gasteiger partial charge is 0.493 e. The number of fused-ring (bicyclic) bond motifs is 3. The van der Waals surface area contributed by atoms with Crippen molar-refractivity contribution in [3.8, 4) is 16.9 Å². The number of carboxylic acids is 1. The Hall–Kier alpha value is -4.14. The third-order valence-corrected chi connectivity index (χ3v) is 8.18. The van der Waals surface area contributed by atoms with E-state index in [1.807, 2.05) is 46.6 Å². The number of rotatable bonds is 9. The molecule has 1 aliphatic rings. The van der Waals surface area contributed by atoms with E-state index in [-0.39, 0.29) is 0 Å². The van der Waals surface area contributed by atoms with Crippen LogP contribution in [0.4, 0.5) is 0 Å². The Morgan fingerprint density at radius 1 is 1.07 bits per heavy atom. The van der Waals surface area contributed by atoms with Crippen LogP contribution in [0.15, 0.2) is 60.7 Å². The van der Waals surface area contributed by atoms with Crippen LogP contribution in [0.5, 0.6) is 5.75 Å². The van der Waals surface area contributed by atoms with Crippen molar-refractivity contribution in [1.82, 2.24) is 19.7 Å². The monoisotopic (exact) mass is 566 g/mol. The van der Waals surface area contributed by atoms with E-state index in [1.165, 1.54) is 0 Å². The van der Waals surface area contributed by atoms with Gasteiger partial charge < -0.3 is 24.5 Å². The predicted molar refractivity (Wildman–Crippen MR) is 165 cm³/mol. The predicted octanol–water partition coefficient (Wildman–Crippen LogP) is 6.32. The van der Waals surface area contributed by atoms with E-state index in [9.17, 15) is 9.90 Å². The molecule has 5 aromatic rings. The van der Waals surface area contributed by atoms with E-state index in [0.717, 1.165) is 74.9 Å². The molecule has 0 spiro atoms. The standard InChI is InChI=1S/C34H38N4O4/c1-3-35-21-28-31-27-15-9-14-25-26(16-10-20-42-30-17-8-12-23-11-4-5-13-24(23)30)33(34(39)40)38(32(25)27)18-6-7-19-41-22-29(31)37(2)36-28/h4-5,8-9,11-15,17,35H,3,6-7,10,16,18-22H2,1-2H3,(H,39,40). The fraction of sp³-hybridized carbons (Fsp3) is 0.353. The molecule has 2 aromatic heterocycles. The summed E-state index contributed by atoms with van der Waals surface area (Å²) in [7, 11) is 1.96. The summed E-state index contributed by atoms with van der Waals surface area (Å²) in [6.45, 7) is 5.73. The van der Waals surface area contributed by atoms with Crippen molar-refractivity contribution in [2.75, 3.05) is 19.8 Å². The van der Waals surface area contributed by atoms with E-state index in [1.54, 1.807) is 0 Å². The Kier molecular flexibility index (Phi) is 8.26. The summed E-state index contributed by atoms with van der Waals surface area (Å²) in [5.74, 6) is -0.0437. The van der Waals surface area contributed by atoms with E-state index in [2.05, 4.69) is 42.6 Å². The number of aryl methyl sites for hydroxylation is 3. The van der Waals surface area contributed by atoms with Crippen molar-refractivity contribution in [1.29, 1.82) is 0 Å². The number of carboxylic acid groups (broad SMARTS) is 1. The zero-order valence-electron chi connectivity index (χ0n) is 24.4. The molecule has 8 heteroatoms. The zero-order valence-corrected chi connectivity index (χ0v) is 24.4. The average molecular weight is 567 g/mol. The first-order valence-corrected chi connectivity index (χ1v) is 14.9. The van der Waals surface area contributed by atoms with Gasteiger partial charge in [-0.25, -0.2) is 4.79 Å². The zero-order chi connectivity index (χ0) is 29.1. The van der Waals surface area contributed by atoms with Crippen LogP contribution in [0.25, 0.3) is 32.8 Å². The minimum Gasteiger partial charge on any atom is -0.493 e. The molecule has 2 N–H and O–H groups in total. The SMILES string of the molecule is CCNCc1nn(C)c2c1-c1cccc3c(CCCOc4cccc5ccccc45)c(C(=O)O)n(c13)CCCCOC2. The third kappa shape index (κ3) is 5.28. The number of aromatic nitrogens is 3. The van der Waals surface area contributed by atoms with E-state index in [0.29, 0.717) is 51.4 Å². The normalized spacial score (nSPS) is 13.7. The first-order chi connectivity index (χ1) is 20.6. The minimum absolute atomic E-state index is 0.376. The Morgan fingerprint density at radius 3 is 2.74 bits per heavy atom. The lowest BCUT2D eigenvalue weighted by atomic mass is 9.98. The van der Waals surface area contributed by atoms with Gasteiger partial charge >= 0.3 is 5.97 Å². The topological polar surface area (TPSA) is 90.5 Å². The van der Waals surface area contributed by atoms with Crippen LogP contribution in [-0.4, -0.2) is 45.2 Å². The summed E-state index contributed by atoms with van der Waals surface area (Å²) >= 11 is 0. The van der Waals surface area contributed by atoms with Gasteiger partial charge in [0.25, 0.3) is 0 Å². The fourth-order valence-electron chi connectivity index (χ4n) is 6.26. The Labute approximate surface area is 245 Å². The Bertz CT molecular complexity index is 1730. The minimum atomic E-state index is -0.896. The molecule has 8 nitrogen and oxygen atoms in total. The molecular weight excluding hydrogens is 528 g/mol. The molecule has 0 saturated heterocycles. The smallest absolute Gasteiger partial charge is 0.352 e. The number of aromatic carboxylic acids is 1. The maximum Gasteiger partial charge on any atom is 0.352 e. The summed E-state index contributed by atoms with van der Waals surface area (Å²) in [5, 5.41) is 22.1. The summed E-state index contributed by atoms with van der Waals surface area (Å²) in [6.07, 6.45) is 2.99. The molecule has 218 valence electrons. The Morgan fingerprint density at radius 2 is 1.88 bits per heavy atom. The fourth-order valence-corrected chi connectivity index (χ4v) is 6.26. The summed E-state index contributed by atoms with van der Waals surface area (Å²) in [5.41, 5.74) is 6.21. The number of ether oxygens (including phenoxy) is 2. The lowest BCUT2D eigenvalue weighted by Gasteiger charge is -2.12. The Balaban J connectivity index is 1.41. The highest BCUT2D eigenvalue weighted by Gasteiger charge is 2.27.